The number of carbonyl (C=O) groups excluding carboxylic acids is 1. The Morgan fingerprint density at radius 3 is 2.46 bits per heavy atom. The standard InChI is InChI=1S/C26H32N4O4S/c1-2-16-35(32,33)28-20-9-6-18(7-10-20)25-24(27)22-11-8-19(26(31)29-12-14-34-15-13-29)17-23(22)30(25)21-4-3-5-21/h6-11,17,21,28H,2-5,12-16,27H2,1H3. The second-order valence-electron chi connectivity index (χ2n) is 9.35. The molecule has 8 nitrogen and oxygen atoms in total. The lowest BCUT2D eigenvalue weighted by atomic mass is 9.92. The molecule has 1 aliphatic heterocycles. The Labute approximate surface area is 206 Å². The van der Waals surface area contributed by atoms with Crippen molar-refractivity contribution in [2.24, 2.45) is 0 Å². The van der Waals surface area contributed by atoms with E-state index in [4.69, 9.17) is 10.5 Å². The SMILES string of the molecule is CCCS(=O)(=O)Nc1ccc(-c2c(N)c3ccc(C(=O)N4CCOCC4)cc3n2C2CCC2)cc1. The van der Waals surface area contributed by atoms with Crippen molar-refractivity contribution in [2.45, 2.75) is 38.6 Å². The molecular formula is C26H32N4O4S. The van der Waals surface area contributed by atoms with Gasteiger partial charge in [0, 0.05) is 41.3 Å². The molecule has 9 heteroatoms. The number of ether oxygens (including phenoxy) is 1. The highest BCUT2D eigenvalue weighted by Crippen LogP contribution is 2.44. The maximum Gasteiger partial charge on any atom is 0.254 e. The molecule has 1 saturated heterocycles. The lowest BCUT2D eigenvalue weighted by molar-refractivity contribution is 0.0303. The summed E-state index contributed by atoms with van der Waals surface area (Å²) in [5.74, 6) is 0.101. The number of nitrogens with one attached hydrogen (secondary N) is 1. The molecule has 5 rings (SSSR count). The van der Waals surface area contributed by atoms with E-state index in [0.29, 0.717) is 55.7 Å². The fraction of sp³-hybridized carbons (Fsp3) is 0.423. The molecule has 3 N–H and O–H groups in total. The van der Waals surface area contributed by atoms with E-state index in [1.165, 1.54) is 0 Å². The number of amides is 1. The molecule has 186 valence electrons. The number of sulfonamides is 1. The molecule has 1 amide bonds. The van der Waals surface area contributed by atoms with E-state index in [-0.39, 0.29) is 11.7 Å². The van der Waals surface area contributed by atoms with Gasteiger partial charge in [-0.15, -0.1) is 0 Å². The zero-order valence-corrected chi connectivity index (χ0v) is 20.8. The fourth-order valence-corrected chi connectivity index (χ4v) is 6.07. The average molecular weight is 497 g/mol. The second-order valence-corrected chi connectivity index (χ2v) is 11.2. The first-order valence-electron chi connectivity index (χ1n) is 12.3. The van der Waals surface area contributed by atoms with Crippen molar-refractivity contribution >= 4 is 38.2 Å². The molecule has 3 aromatic rings. The predicted molar refractivity (Wildman–Crippen MR) is 139 cm³/mol. The Hall–Kier alpha value is -3.04. The number of benzene rings is 2. The van der Waals surface area contributed by atoms with Gasteiger partial charge in [0.1, 0.15) is 0 Å². The first kappa shape index (κ1) is 23.7. The highest BCUT2D eigenvalue weighted by molar-refractivity contribution is 7.92. The van der Waals surface area contributed by atoms with Gasteiger partial charge in [-0.2, -0.15) is 0 Å². The molecule has 0 radical (unpaired) electrons. The molecule has 1 saturated carbocycles. The predicted octanol–water partition coefficient (Wildman–Crippen LogP) is 4.24. The van der Waals surface area contributed by atoms with Crippen molar-refractivity contribution < 1.29 is 17.9 Å². The van der Waals surface area contributed by atoms with Crippen LogP contribution in [0.15, 0.2) is 42.5 Å². The van der Waals surface area contributed by atoms with Crippen LogP contribution in [0.3, 0.4) is 0 Å². The molecule has 1 aliphatic carbocycles. The van der Waals surface area contributed by atoms with Crippen molar-refractivity contribution in [3.8, 4) is 11.3 Å². The van der Waals surface area contributed by atoms with E-state index in [9.17, 15) is 13.2 Å². The van der Waals surface area contributed by atoms with Gasteiger partial charge in [-0.1, -0.05) is 19.1 Å². The van der Waals surface area contributed by atoms with Crippen molar-refractivity contribution in [3.05, 3.63) is 48.0 Å². The van der Waals surface area contributed by atoms with Gasteiger partial charge in [-0.05, 0) is 56.0 Å². The maximum atomic E-state index is 13.1. The molecule has 35 heavy (non-hydrogen) atoms. The van der Waals surface area contributed by atoms with E-state index >= 15 is 0 Å². The molecule has 2 heterocycles. The summed E-state index contributed by atoms with van der Waals surface area (Å²) in [5, 5.41) is 0.929. The Morgan fingerprint density at radius 1 is 1.11 bits per heavy atom. The molecule has 2 aliphatic rings. The molecule has 1 aromatic heterocycles. The van der Waals surface area contributed by atoms with E-state index in [1.807, 2.05) is 42.2 Å². The summed E-state index contributed by atoms with van der Waals surface area (Å²) in [5.41, 5.74) is 11.4. The third kappa shape index (κ3) is 4.62. The first-order chi connectivity index (χ1) is 16.9. The molecule has 0 spiro atoms. The van der Waals surface area contributed by atoms with E-state index in [1.54, 1.807) is 12.1 Å². The number of nitrogens with two attached hydrogens (primary N) is 1. The van der Waals surface area contributed by atoms with E-state index in [2.05, 4.69) is 9.29 Å². The van der Waals surface area contributed by atoms with Gasteiger partial charge in [0.15, 0.2) is 0 Å². The van der Waals surface area contributed by atoms with Gasteiger partial charge in [-0.3, -0.25) is 9.52 Å². The van der Waals surface area contributed by atoms with Gasteiger partial charge in [0.05, 0.1) is 35.9 Å². The minimum absolute atomic E-state index is 0.0143. The van der Waals surface area contributed by atoms with Crippen LogP contribution in [0.25, 0.3) is 22.2 Å². The summed E-state index contributed by atoms with van der Waals surface area (Å²) >= 11 is 0. The van der Waals surface area contributed by atoms with Crippen LogP contribution < -0.4 is 10.5 Å². The Balaban J connectivity index is 1.54. The number of fused-ring (bicyclic) bond motifs is 1. The van der Waals surface area contributed by atoms with Crippen LogP contribution in [-0.4, -0.2) is 55.8 Å². The lowest BCUT2D eigenvalue weighted by Gasteiger charge is -2.30. The first-order valence-corrected chi connectivity index (χ1v) is 13.9. The summed E-state index contributed by atoms with van der Waals surface area (Å²) in [6.45, 7) is 4.16. The molecule has 2 fully saturated rings. The summed E-state index contributed by atoms with van der Waals surface area (Å²) in [4.78, 5) is 15.0. The van der Waals surface area contributed by atoms with Gasteiger partial charge < -0.3 is 19.9 Å². The maximum absolute atomic E-state index is 13.1. The van der Waals surface area contributed by atoms with Crippen molar-refractivity contribution in [1.82, 2.24) is 9.47 Å². The third-order valence-electron chi connectivity index (χ3n) is 6.93. The number of hydrogen-bond donors (Lipinski definition) is 2. The molecule has 0 unspecified atom stereocenters. The van der Waals surface area contributed by atoms with Gasteiger partial charge in [0.25, 0.3) is 5.91 Å². The smallest absolute Gasteiger partial charge is 0.254 e. The fourth-order valence-electron chi connectivity index (χ4n) is 4.93. The van der Waals surface area contributed by atoms with Crippen LogP contribution in [0.2, 0.25) is 0 Å². The highest BCUT2D eigenvalue weighted by Gasteiger charge is 2.28. The van der Waals surface area contributed by atoms with Gasteiger partial charge in [-0.25, -0.2) is 8.42 Å². The molecular weight excluding hydrogens is 464 g/mol. The van der Waals surface area contributed by atoms with Crippen LogP contribution >= 0.6 is 0 Å². The summed E-state index contributed by atoms with van der Waals surface area (Å²) in [6, 6.07) is 13.5. The van der Waals surface area contributed by atoms with Crippen LogP contribution in [-0.2, 0) is 14.8 Å². The normalized spacial score (nSPS) is 16.9. The number of aromatic nitrogens is 1. The van der Waals surface area contributed by atoms with Crippen LogP contribution in [0.5, 0.6) is 0 Å². The Kier molecular flexibility index (Phi) is 6.46. The molecule has 0 atom stereocenters. The Bertz CT molecular complexity index is 1340. The zero-order chi connectivity index (χ0) is 24.6. The van der Waals surface area contributed by atoms with Crippen molar-refractivity contribution in [2.75, 3.05) is 42.5 Å². The quantitative estimate of drug-likeness (QED) is 0.509. The number of nitrogens with zero attached hydrogens (tertiary/aromatic N) is 2. The molecule has 0 bridgehead atoms. The summed E-state index contributed by atoms with van der Waals surface area (Å²) in [6.07, 6.45) is 3.84. The third-order valence-corrected chi connectivity index (χ3v) is 8.43. The van der Waals surface area contributed by atoms with Crippen LogP contribution in [0.4, 0.5) is 11.4 Å². The van der Waals surface area contributed by atoms with Crippen LogP contribution in [0, 0.1) is 0 Å². The number of hydrogen-bond acceptors (Lipinski definition) is 5. The largest absolute Gasteiger partial charge is 0.396 e. The van der Waals surface area contributed by atoms with E-state index < -0.39 is 10.0 Å². The van der Waals surface area contributed by atoms with Gasteiger partial charge in [0.2, 0.25) is 10.0 Å². The minimum atomic E-state index is -3.35. The number of morpholine rings is 1. The lowest BCUT2D eigenvalue weighted by Crippen LogP contribution is -2.40. The zero-order valence-electron chi connectivity index (χ0n) is 20.0. The summed E-state index contributed by atoms with van der Waals surface area (Å²) in [7, 11) is -3.35. The number of rotatable bonds is 7. The average Bonchev–Trinajstić information content (AvgIpc) is 3.10. The monoisotopic (exact) mass is 496 g/mol. The van der Waals surface area contributed by atoms with Crippen LogP contribution in [0.1, 0.15) is 49.0 Å². The topological polar surface area (TPSA) is 107 Å². The van der Waals surface area contributed by atoms with E-state index in [0.717, 1.165) is 41.4 Å². The van der Waals surface area contributed by atoms with Gasteiger partial charge >= 0.3 is 0 Å². The Morgan fingerprint density at radius 2 is 1.83 bits per heavy atom. The molecule has 2 aromatic carbocycles. The minimum Gasteiger partial charge on any atom is -0.396 e. The van der Waals surface area contributed by atoms with Crippen molar-refractivity contribution in [3.63, 3.8) is 0 Å². The summed E-state index contributed by atoms with van der Waals surface area (Å²) < 4.78 is 34.6. The number of anilines is 2. The number of carbonyl (C=O) groups is 1. The number of nitrogen functional groups attached to an aromatic ring is 1. The second kappa shape index (κ2) is 9.54. The van der Waals surface area contributed by atoms with Crippen molar-refractivity contribution in [1.29, 1.82) is 0 Å². The highest BCUT2D eigenvalue weighted by atomic mass is 32.2.